The lowest BCUT2D eigenvalue weighted by molar-refractivity contribution is 0.0655. The van der Waals surface area contributed by atoms with E-state index in [1.165, 1.54) is 5.56 Å². The molecule has 3 unspecified atom stereocenters. The Kier molecular flexibility index (Phi) is 3.11. The third-order valence-corrected chi connectivity index (χ3v) is 4.35. The quantitative estimate of drug-likeness (QED) is 0.762. The average Bonchev–Trinajstić information content (AvgIpc) is 2.71. The molecule has 94 valence electrons. The fourth-order valence-corrected chi connectivity index (χ4v) is 3.43. The number of rotatable bonds is 1. The predicted molar refractivity (Wildman–Crippen MR) is 72.1 cm³/mol. The zero-order valence-corrected chi connectivity index (χ0v) is 10.8. The minimum Gasteiger partial charge on any atom is -0.388 e. The van der Waals surface area contributed by atoms with Gasteiger partial charge in [-0.3, -0.25) is 4.90 Å². The van der Waals surface area contributed by atoms with Gasteiger partial charge in [0.25, 0.3) is 0 Å². The summed E-state index contributed by atoms with van der Waals surface area (Å²) in [5, 5.41) is 10.4. The molecule has 2 nitrogen and oxygen atoms in total. The van der Waals surface area contributed by atoms with Crippen LogP contribution in [-0.2, 0) is 0 Å². The van der Waals surface area contributed by atoms with Gasteiger partial charge in [-0.25, -0.2) is 0 Å². The van der Waals surface area contributed by atoms with Crippen LogP contribution in [0.5, 0.6) is 0 Å². The summed E-state index contributed by atoms with van der Waals surface area (Å²) in [5.41, 5.74) is 2.50. The number of hydrogen-bond acceptors (Lipinski definition) is 2. The number of nitrogens with zero attached hydrogens (tertiary/aromatic N) is 1. The van der Waals surface area contributed by atoms with Crippen molar-refractivity contribution in [1.82, 2.24) is 4.90 Å². The first kappa shape index (κ1) is 11.8. The second-order valence-electron chi connectivity index (χ2n) is 5.29. The summed E-state index contributed by atoms with van der Waals surface area (Å²) in [5.74, 6) is 7.01. The Morgan fingerprint density at radius 2 is 2.11 bits per heavy atom. The normalized spacial score (nSPS) is 30.2. The lowest BCUT2D eigenvalue weighted by Gasteiger charge is -2.35. The molecule has 0 saturated carbocycles. The van der Waals surface area contributed by atoms with Gasteiger partial charge >= 0.3 is 0 Å². The van der Waals surface area contributed by atoms with E-state index >= 15 is 0 Å². The molecule has 1 heterocycles. The van der Waals surface area contributed by atoms with Crippen molar-refractivity contribution in [3.05, 3.63) is 35.4 Å². The van der Waals surface area contributed by atoms with Gasteiger partial charge in [0.05, 0.1) is 12.6 Å². The number of fused-ring (bicyclic) bond motifs is 3. The van der Waals surface area contributed by atoms with Crippen LogP contribution in [0.1, 0.15) is 36.5 Å². The second kappa shape index (κ2) is 4.76. The van der Waals surface area contributed by atoms with E-state index in [-0.39, 0.29) is 6.10 Å². The Labute approximate surface area is 109 Å². The van der Waals surface area contributed by atoms with Crippen LogP contribution < -0.4 is 0 Å². The van der Waals surface area contributed by atoms with Crippen molar-refractivity contribution in [2.45, 2.75) is 25.4 Å². The summed E-state index contributed by atoms with van der Waals surface area (Å²) >= 11 is 0. The van der Waals surface area contributed by atoms with Gasteiger partial charge < -0.3 is 5.11 Å². The van der Waals surface area contributed by atoms with E-state index in [0.717, 1.165) is 31.6 Å². The summed E-state index contributed by atoms with van der Waals surface area (Å²) in [6, 6.07) is 8.37. The molecule has 3 atom stereocenters. The van der Waals surface area contributed by atoms with Crippen molar-refractivity contribution in [3.8, 4) is 11.8 Å². The molecule has 1 fully saturated rings. The largest absolute Gasteiger partial charge is 0.388 e. The SMILES string of the molecule is CC#CCN1CCC2C(O)c3ccccc3C2C1. The molecule has 0 spiro atoms. The highest BCUT2D eigenvalue weighted by Gasteiger charge is 2.42. The minimum absolute atomic E-state index is 0.259. The van der Waals surface area contributed by atoms with E-state index in [0.29, 0.717) is 11.8 Å². The smallest absolute Gasteiger partial charge is 0.0827 e. The Morgan fingerprint density at radius 1 is 1.33 bits per heavy atom. The minimum atomic E-state index is -0.259. The molecule has 0 aromatic heterocycles. The first-order chi connectivity index (χ1) is 8.81. The standard InChI is InChI=1S/C16H19NO/c1-2-3-9-17-10-8-14-15(11-17)12-6-4-5-7-13(12)16(14)18/h4-7,14-16,18H,8-11H2,1H3. The zero-order valence-electron chi connectivity index (χ0n) is 10.8. The van der Waals surface area contributed by atoms with Crippen LogP contribution in [0.2, 0.25) is 0 Å². The van der Waals surface area contributed by atoms with E-state index < -0.39 is 0 Å². The average molecular weight is 241 g/mol. The zero-order chi connectivity index (χ0) is 12.5. The third kappa shape index (κ3) is 1.84. The van der Waals surface area contributed by atoms with Crippen molar-refractivity contribution in [3.63, 3.8) is 0 Å². The molecule has 0 radical (unpaired) electrons. The Balaban J connectivity index is 1.84. The van der Waals surface area contributed by atoms with Gasteiger partial charge in [0.1, 0.15) is 0 Å². The first-order valence-corrected chi connectivity index (χ1v) is 6.70. The van der Waals surface area contributed by atoms with Gasteiger partial charge in [0.2, 0.25) is 0 Å². The van der Waals surface area contributed by atoms with Crippen molar-refractivity contribution in [2.75, 3.05) is 19.6 Å². The van der Waals surface area contributed by atoms with Crippen LogP contribution in [0.4, 0.5) is 0 Å². The topological polar surface area (TPSA) is 23.5 Å². The van der Waals surface area contributed by atoms with Crippen molar-refractivity contribution in [1.29, 1.82) is 0 Å². The van der Waals surface area contributed by atoms with Crippen LogP contribution in [-0.4, -0.2) is 29.6 Å². The molecule has 1 aromatic carbocycles. The van der Waals surface area contributed by atoms with Crippen LogP contribution >= 0.6 is 0 Å². The first-order valence-electron chi connectivity index (χ1n) is 6.70. The number of aliphatic hydroxyl groups excluding tert-OH is 1. The third-order valence-electron chi connectivity index (χ3n) is 4.35. The van der Waals surface area contributed by atoms with E-state index in [2.05, 4.69) is 34.9 Å². The summed E-state index contributed by atoms with van der Waals surface area (Å²) < 4.78 is 0. The number of hydrogen-bond donors (Lipinski definition) is 1. The monoisotopic (exact) mass is 241 g/mol. The summed E-state index contributed by atoms with van der Waals surface area (Å²) in [7, 11) is 0. The highest BCUT2D eigenvalue weighted by atomic mass is 16.3. The second-order valence-corrected chi connectivity index (χ2v) is 5.29. The van der Waals surface area contributed by atoms with Gasteiger partial charge in [-0.15, -0.1) is 5.92 Å². The molecule has 18 heavy (non-hydrogen) atoms. The van der Waals surface area contributed by atoms with E-state index in [9.17, 15) is 5.11 Å². The maximum absolute atomic E-state index is 10.4. The summed E-state index contributed by atoms with van der Waals surface area (Å²) in [6.07, 6.45) is 0.817. The van der Waals surface area contributed by atoms with Crippen LogP contribution in [0.3, 0.4) is 0 Å². The van der Waals surface area contributed by atoms with Gasteiger partial charge in [0.15, 0.2) is 0 Å². The number of piperidine rings is 1. The lowest BCUT2D eigenvalue weighted by atomic mass is 9.85. The van der Waals surface area contributed by atoms with Crippen LogP contribution in [0.15, 0.2) is 24.3 Å². The number of benzene rings is 1. The highest BCUT2D eigenvalue weighted by molar-refractivity contribution is 5.39. The fourth-order valence-electron chi connectivity index (χ4n) is 3.43. The number of aliphatic hydroxyl groups is 1. The van der Waals surface area contributed by atoms with Crippen LogP contribution in [0.25, 0.3) is 0 Å². The molecule has 0 bridgehead atoms. The maximum Gasteiger partial charge on any atom is 0.0827 e. The predicted octanol–water partition coefficient (Wildman–Crippen LogP) is 2.16. The van der Waals surface area contributed by atoms with E-state index in [1.54, 1.807) is 0 Å². The molecule has 3 rings (SSSR count). The van der Waals surface area contributed by atoms with Crippen molar-refractivity contribution in [2.24, 2.45) is 5.92 Å². The van der Waals surface area contributed by atoms with Gasteiger partial charge in [-0.1, -0.05) is 30.2 Å². The van der Waals surface area contributed by atoms with Gasteiger partial charge in [-0.2, -0.15) is 0 Å². The molecular weight excluding hydrogens is 222 g/mol. The maximum atomic E-state index is 10.4. The molecule has 1 aromatic rings. The van der Waals surface area contributed by atoms with E-state index in [1.807, 2.05) is 13.0 Å². The molecule has 0 amide bonds. The molecule has 2 heteroatoms. The Morgan fingerprint density at radius 3 is 2.89 bits per heavy atom. The molecule has 1 aliphatic heterocycles. The van der Waals surface area contributed by atoms with Gasteiger partial charge in [0, 0.05) is 12.5 Å². The fraction of sp³-hybridized carbons (Fsp3) is 0.500. The van der Waals surface area contributed by atoms with Gasteiger partial charge in [-0.05, 0) is 36.9 Å². The van der Waals surface area contributed by atoms with E-state index in [4.69, 9.17) is 0 Å². The summed E-state index contributed by atoms with van der Waals surface area (Å²) in [4.78, 5) is 2.41. The molecule has 2 aliphatic rings. The molecule has 1 saturated heterocycles. The lowest BCUT2D eigenvalue weighted by Crippen LogP contribution is -2.38. The number of likely N-dealkylation sites (tertiary alicyclic amines) is 1. The van der Waals surface area contributed by atoms with Crippen molar-refractivity contribution >= 4 is 0 Å². The summed E-state index contributed by atoms with van der Waals surface area (Å²) in [6.45, 7) is 4.84. The van der Waals surface area contributed by atoms with Crippen LogP contribution in [0, 0.1) is 17.8 Å². The molecule has 1 N–H and O–H groups in total. The highest BCUT2D eigenvalue weighted by Crippen LogP contribution is 2.48. The molecular formula is C16H19NO. The Bertz CT molecular complexity index is 499. The molecule has 1 aliphatic carbocycles. The van der Waals surface area contributed by atoms with Crippen molar-refractivity contribution < 1.29 is 5.11 Å². The Hall–Kier alpha value is -1.30.